The lowest BCUT2D eigenvalue weighted by molar-refractivity contribution is -0.143. The zero-order valence-corrected chi connectivity index (χ0v) is 14.7. The van der Waals surface area contributed by atoms with Gasteiger partial charge >= 0.3 is 11.9 Å². The van der Waals surface area contributed by atoms with Crippen LogP contribution >= 0.6 is 0 Å². The van der Waals surface area contributed by atoms with E-state index in [1.54, 1.807) is 19.9 Å². The molecule has 0 aromatic rings. The van der Waals surface area contributed by atoms with Gasteiger partial charge in [0.2, 0.25) is 0 Å². The summed E-state index contributed by atoms with van der Waals surface area (Å²) in [6, 6.07) is 0. The Morgan fingerprint density at radius 3 is 2.72 bits per heavy atom. The van der Waals surface area contributed by atoms with Gasteiger partial charge in [-0.05, 0) is 37.8 Å². The Kier molecular flexibility index (Phi) is 4.23. The molecule has 5 heteroatoms. The highest BCUT2D eigenvalue weighted by Gasteiger charge is 2.60. The maximum absolute atomic E-state index is 12.1. The van der Waals surface area contributed by atoms with Gasteiger partial charge in [-0.2, -0.15) is 0 Å². The fraction of sp³-hybridized carbons (Fsp3) is 0.500. The number of allylic oxidation sites excluding steroid dienone is 1. The van der Waals surface area contributed by atoms with Gasteiger partial charge < -0.3 is 14.6 Å². The molecule has 5 nitrogen and oxygen atoms in total. The van der Waals surface area contributed by atoms with Gasteiger partial charge in [-0.1, -0.05) is 25.8 Å². The first-order valence-electron chi connectivity index (χ1n) is 8.53. The Balaban J connectivity index is 1.94. The van der Waals surface area contributed by atoms with Gasteiger partial charge in [-0.3, -0.25) is 0 Å². The number of hydrogen-bond donors (Lipinski definition) is 1. The van der Waals surface area contributed by atoms with E-state index in [1.807, 2.05) is 0 Å². The van der Waals surface area contributed by atoms with Gasteiger partial charge in [0, 0.05) is 23.5 Å². The largest absolute Gasteiger partial charge is 0.458 e. The van der Waals surface area contributed by atoms with Gasteiger partial charge in [0.1, 0.15) is 12.2 Å². The summed E-state index contributed by atoms with van der Waals surface area (Å²) in [5.74, 6) is -1.59. The highest BCUT2D eigenvalue weighted by Crippen LogP contribution is 2.54. The highest BCUT2D eigenvalue weighted by molar-refractivity contribution is 5.91. The van der Waals surface area contributed by atoms with Crippen molar-refractivity contribution in [3.63, 3.8) is 0 Å². The molecule has 1 N–H and O–H groups in total. The van der Waals surface area contributed by atoms with E-state index < -0.39 is 35.7 Å². The normalized spacial score (nSPS) is 38.1. The molecule has 3 aliphatic rings. The second-order valence-corrected chi connectivity index (χ2v) is 7.19. The molecule has 2 saturated carbocycles. The Bertz CT molecular complexity index is 716. The third-order valence-corrected chi connectivity index (χ3v) is 5.88. The number of ether oxygens (including phenoxy) is 2. The Morgan fingerprint density at radius 2 is 2.08 bits per heavy atom. The molecular weight excluding hydrogens is 320 g/mol. The summed E-state index contributed by atoms with van der Waals surface area (Å²) in [4.78, 5) is 24.1. The standard InChI is InChI=1S/C20H24O5/c1-6-10(2)18(21)24-15-9-20(23)11(3)7-8-14-12(4)19(22)25-17(14)16(20)13(15)5/h6,14-17,23H,3-5,7-9H2,1-2H3/b10-6-/t14-,15-,16+,17-,20+/m0/s1. The predicted octanol–water partition coefficient (Wildman–Crippen LogP) is 2.62. The first-order chi connectivity index (χ1) is 11.7. The van der Waals surface area contributed by atoms with Crippen LogP contribution in [-0.4, -0.2) is 34.9 Å². The SMILES string of the molecule is C=C1[C@@H](OC(=O)/C(C)=C\C)C[C@@]2(O)C(=C)CC[C@H]3C(=C)C(=O)O[C@@H]3[C@@H]12. The van der Waals surface area contributed by atoms with E-state index in [4.69, 9.17) is 9.47 Å². The van der Waals surface area contributed by atoms with Gasteiger partial charge in [-0.15, -0.1) is 0 Å². The van der Waals surface area contributed by atoms with Crippen molar-refractivity contribution >= 4 is 11.9 Å². The van der Waals surface area contributed by atoms with Crippen LogP contribution in [-0.2, 0) is 19.1 Å². The van der Waals surface area contributed by atoms with Crippen LogP contribution in [0.25, 0.3) is 0 Å². The Morgan fingerprint density at radius 1 is 1.40 bits per heavy atom. The molecule has 0 bridgehead atoms. The Labute approximate surface area is 147 Å². The van der Waals surface area contributed by atoms with E-state index in [0.717, 1.165) is 0 Å². The summed E-state index contributed by atoms with van der Waals surface area (Å²) in [6.07, 6.45) is 1.90. The lowest BCUT2D eigenvalue weighted by atomic mass is 9.78. The zero-order valence-electron chi connectivity index (χ0n) is 14.7. The van der Waals surface area contributed by atoms with Crippen LogP contribution in [0.2, 0.25) is 0 Å². The molecule has 25 heavy (non-hydrogen) atoms. The molecule has 5 atom stereocenters. The van der Waals surface area contributed by atoms with E-state index in [2.05, 4.69) is 19.7 Å². The third-order valence-electron chi connectivity index (χ3n) is 5.88. The number of carbonyl (C=O) groups excluding carboxylic acids is 2. The van der Waals surface area contributed by atoms with Crippen molar-refractivity contribution in [2.45, 2.75) is 50.9 Å². The number of aliphatic hydroxyl groups is 1. The summed E-state index contributed by atoms with van der Waals surface area (Å²) < 4.78 is 11.1. The fourth-order valence-electron chi connectivity index (χ4n) is 4.17. The zero-order chi connectivity index (χ0) is 18.5. The molecule has 0 aromatic carbocycles. The molecule has 0 amide bonds. The van der Waals surface area contributed by atoms with E-state index in [9.17, 15) is 14.7 Å². The third kappa shape index (κ3) is 2.58. The van der Waals surface area contributed by atoms with Crippen molar-refractivity contribution in [3.8, 4) is 0 Å². The summed E-state index contributed by atoms with van der Waals surface area (Å²) in [6.45, 7) is 15.4. The van der Waals surface area contributed by atoms with Crippen molar-refractivity contribution in [3.05, 3.63) is 48.1 Å². The molecule has 3 fully saturated rings. The van der Waals surface area contributed by atoms with Crippen molar-refractivity contribution < 1.29 is 24.2 Å². The second-order valence-electron chi connectivity index (χ2n) is 7.19. The fourth-order valence-corrected chi connectivity index (χ4v) is 4.17. The van der Waals surface area contributed by atoms with E-state index in [0.29, 0.717) is 35.1 Å². The molecule has 2 aliphatic carbocycles. The van der Waals surface area contributed by atoms with Crippen LogP contribution < -0.4 is 0 Å². The van der Waals surface area contributed by atoms with Crippen molar-refractivity contribution in [2.24, 2.45) is 11.8 Å². The van der Waals surface area contributed by atoms with E-state index >= 15 is 0 Å². The molecule has 3 rings (SSSR count). The lowest BCUT2D eigenvalue weighted by Gasteiger charge is -2.33. The minimum absolute atomic E-state index is 0.174. The summed E-state index contributed by atoms with van der Waals surface area (Å²) in [5, 5.41) is 11.3. The number of carbonyl (C=O) groups is 2. The number of hydrogen-bond acceptors (Lipinski definition) is 5. The first kappa shape index (κ1) is 17.7. The van der Waals surface area contributed by atoms with Crippen molar-refractivity contribution in [2.75, 3.05) is 0 Å². The lowest BCUT2D eigenvalue weighted by Crippen LogP contribution is -2.42. The number of esters is 2. The molecule has 1 heterocycles. The molecule has 1 aliphatic heterocycles. The minimum Gasteiger partial charge on any atom is -0.458 e. The molecule has 134 valence electrons. The van der Waals surface area contributed by atoms with Crippen LogP contribution in [0.3, 0.4) is 0 Å². The Hall–Kier alpha value is -2.14. The van der Waals surface area contributed by atoms with Gasteiger partial charge in [0.25, 0.3) is 0 Å². The maximum atomic E-state index is 12.1. The van der Waals surface area contributed by atoms with Gasteiger partial charge in [0.15, 0.2) is 0 Å². The first-order valence-corrected chi connectivity index (χ1v) is 8.53. The smallest absolute Gasteiger partial charge is 0.334 e. The number of rotatable bonds is 2. The van der Waals surface area contributed by atoms with Gasteiger partial charge in [0.05, 0.1) is 11.5 Å². The molecular formula is C20H24O5. The van der Waals surface area contributed by atoms with Crippen molar-refractivity contribution in [1.29, 1.82) is 0 Å². The van der Waals surface area contributed by atoms with Gasteiger partial charge in [-0.25, -0.2) is 9.59 Å². The summed E-state index contributed by atoms with van der Waals surface area (Å²) in [5.41, 5.74) is 0.860. The van der Waals surface area contributed by atoms with Crippen LogP contribution in [0.1, 0.15) is 33.1 Å². The maximum Gasteiger partial charge on any atom is 0.334 e. The van der Waals surface area contributed by atoms with Crippen LogP contribution in [0.5, 0.6) is 0 Å². The van der Waals surface area contributed by atoms with E-state index in [1.165, 1.54) is 0 Å². The van der Waals surface area contributed by atoms with Crippen LogP contribution in [0, 0.1) is 11.8 Å². The van der Waals surface area contributed by atoms with Crippen LogP contribution in [0.4, 0.5) is 0 Å². The average Bonchev–Trinajstić information content (AvgIpc) is 2.94. The predicted molar refractivity (Wildman–Crippen MR) is 92.4 cm³/mol. The molecule has 0 spiro atoms. The second kappa shape index (κ2) is 5.99. The summed E-state index contributed by atoms with van der Waals surface area (Å²) in [7, 11) is 0. The van der Waals surface area contributed by atoms with Crippen molar-refractivity contribution in [1.82, 2.24) is 0 Å². The molecule has 1 saturated heterocycles. The molecule has 0 aromatic heterocycles. The quantitative estimate of drug-likeness (QED) is 0.474. The minimum atomic E-state index is -1.30. The summed E-state index contributed by atoms with van der Waals surface area (Å²) >= 11 is 0. The van der Waals surface area contributed by atoms with Crippen LogP contribution in [0.15, 0.2) is 48.1 Å². The highest BCUT2D eigenvalue weighted by atomic mass is 16.6. The molecule has 0 unspecified atom stereocenters. The van der Waals surface area contributed by atoms with E-state index in [-0.39, 0.29) is 12.3 Å². The number of fused-ring (bicyclic) bond motifs is 3. The average molecular weight is 344 g/mol. The topological polar surface area (TPSA) is 72.8 Å². The molecule has 0 radical (unpaired) electrons. The monoisotopic (exact) mass is 344 g/mol.